The van der Waals surface area contributed by atoms with Gasteiger partial charge in [0.05, 0.1) is 11.2 Å². The zero-order valence-corrected chi connectivity index (χ0v) is 11.5. The molecule has 1 aromatic heterocycles. The van der Waals surface area contributed by atoms with Crippen LogP contribution in [0.1, 0.15) is 32.7 Å². The molecular formula is C14H15NO2S. The molecule has 1 aromatic carbocycles. The molecule has 0 atom stereocenters. The van der Waals surface area contributed by atoms with Gasteiger partial charge in [0, 0.05) is 0 Å². The number of carbonyl (C=O) groups excluding carboxylic acids is 1. The molecule has 0 amide bonds. The Morgan fingerprint density at radius 2 is 2.17 bits per heavy atom. The van der Waals surface area contributed by atoms with Crippen molar-refractivity contribution >= 4 is 17.3 Å². The number of esters is 1. The number of carbonyl (C=O) groups is 1. The minimum Gasteiger partial charge on any atom is -0.422 e. The average Bonchev–Trinajstić information content (AvgIpc) is 2.81. The summed E-state index contributed by atoms with van der Waals surface area (Å²) in [5.74, 6) is 0.274. The topological polar surface area (TPSA) is 39.2 Å². The molecule has 0 fully saturated rings. The molecule has 0 saturated heterocycles. The van der Waals surface area contributed by atoms with Crippen molar-refractivity contribution in [2.24, 2.45) is 0 Å². The van der Waals surface area contributed by atoms with E-state index in [1.54, 1.807) is 6.20 Å². The summed E-state index contributed by atoms with van der Waals surface area (Å²) in [6, 6.07) is 5.75. The predicted octanol–water partition coefficient (Wildman–Crippen LogP) is 3.54. The van der Waals surface area contributed by atoms with E-state index in [0.29, 0.717) is 10.6 Å². The Balaban J connectivity index is 2.16. The third kappa shape index (κ3) is 2.76. The highest BCUT2D eigenvalue weighted by Gasteiger charge is 2.13. The highest BCUT2D eigenvalue weighted by molar-refractivity contribution is 7.13. The van der Waals surface area contributed by atoms with Crippen molar-refractivity contribution < 1.29 is 9.53 Å². The first-order valence-corrected chi connectivity index (χ1v) is 6.66. The number of rotatable bonds is 3. The molecule has 2 aromatic rings. The van der Waals surface area contributed by atoms with Gasteiger partial charge in [0.1, 0.15) is 10.6 Å². The van der Waals surface area contributed by atoms with Gasteiger partial charge in [0.25, 0.3) is 0 Å². The summed E-state index contributed by atoms with van der Waals surface area (Å²) in [5, 5.41) is 0.947. The van der Waals surface area contributed by atoms with Crippen LogP contribution in [0.5, 0.6) is 5.75 Å². The van der Waals surface area contributed by atoms with Crippen LogP contribution in [0.25, 0.3) is 0 Å². The molecule has 0 saturated carbocycles. The second-order valence-corrected chi connectivity index (χ2v) is 5.25. The summed E-state index contributed by atoms with van der Waals surface area (Å²) in [6.45, 7) is 5.95. The summed E-state index contributed by atoms with van der Waals surface area (Å²) < 4.78 is 5.38. The minimum absolute atomic E-state index is 0.334. The van der Waals surface area contributed by atoms with E-state index in [1.165, 1.54) is 11.3 Å². The van der Waals surface area contributed by atoms with Crippen molar-refractivity contribution in [3.8, 4) is 5.75 Å². The summed E-state index contributed by atoms with van der Waals surface area (Å²) in [5.41, 5.74) is 2.11. The number of hydrogen-bond donors (Lipinski definition) is 0. The van der Waals surface area contributed by atoms with Gasteiger partial charge in [-0.2, -0.15) is 0 Å². The third-order valence-electron chi connectivity index (χ3n) is 2.59. The lowest BCUT2D eigenvalue weighted by Crippen LogP contribution is -2.07. The monoisotopic (exact) mass is 261 g/mol. The maximum atomic E-state index is 11.9. The zero-order chi connectivity index (χ0) is 13.1. The minimum atomic E-state index is -0.334. The summed E-state index contributed by atoms with van der Waals surface area (Å²) in [7, 11) is 0. The van der Waals surface area contributed by atoms with E-state index in [-0.39, 0.29) is 5.97 Å². The molecule has 0 aliphatic carbocycles. The normalized spacial score (nSPS) is 10.4. The molecule has 0 spiro atoms. The first kappa shape index (κ1) is 12.8. The van der Waals surface area contributed by atoms with Gasteiger partial charge in [-0.3, -0.25) is 0 Å². The van der Waals surface area contributed by atoms with E-state index in [2.05, 4.69) is 4.98 Å². The molecule has 0 N–H and O–H groups in total. The number of aromatic nitrogens is 1. The van der Waals surface area contributed by atoms with Crippen LogP contribution in [0.3, 0.4) is 0 Å². The standard InChI is InChI=1S/C14H15NO2S/c1-4-13-15-8-12(18-13)14(16)17-11-6-5-9(2)7-10(11)3/h5-8H,4H2,1-3H3. The highest BCUT2D eigenvalue weighted by Crippen LogP contribution is 2.21. The zero-order valence-electron chi connectivity index (χ0n) is 10.7. The fourth-order valence-corrected chi connectivity index (χ4v) is 2.37. The van der Waals surface area contributed by atoms with Gasteiger partial charge < -0.3 is 4.74 Å². The van der Waals surface area contributed by atoms with Crippen molar-refractivity contribution in [2.45, 2.75) is 27.2 Å². The Morgan fingerprint density at radius 3 is 2.78 bits per heavy atom. The molecule has 0 aliphatic rings. The first-order valence-electron chi connectivity index (χ1n) is 5.84. The Hall–Kier alpha value is -1.68. The average molecular weight is 261 g/mol. The number of ether oxygens (including phenoxy) is 1. The molecule has 18 heavy (non-hydrogen) atoms. The van der Waals surface area contributed by atoms with E-state index in [9.17, 15) is 4.79 Å². The van der Waals surface area contributed by atoms with Gasteiger partial charge in [-0.1, -0.05) is 24.6 Å². The van der Waals surface area contributed by atoms with Crippen LogP contribution >= 0.6 is 11.3 Å². The Labute approximate surface area is 110 Å². The van der Waals surface area contributed by atoms with E-state index < -0.39 is 0 Å². The van der Waals surface area contributed by atoms with Gasteiger partial charge in [-0.25, -0.2) is 9.78 Å². The quantitative estimate of drug-likeness (QED) is 0.626. The number of aryl methyl sites for hydroxylation is 3. The maximum absolute atomic E-state index is 11.9. The highest BCUT2D eigenvalue weighted by atomic mass is 32.1. The Morgan fingerprint density at radius 1 is 1.39 bits per heavy atom. The molecule has 0 bridgehead atoms. The molecule has 2 rings (SSSR count). The molecule has 4 heteroatoms. The van der Waals surface area contributed by atoms with Crippen LogP contribution < -0.4 is 4.74 Å². The summed E-state index contributed by atoms with van der Waals surface area (Å²) in [4.78, 5) is 16.6. The molecule has 94 valence electrons. The second kappa shape index (κ2) is 5.31. The molecule has 3 nitrogen and oxygen atoms in total. The first-order chi connectivity index (χ1) is 8.60. The van der Waals surface area contributed by atoms with Crippen LogP contribution in [-0.2, 0) is 6.42 Å². The van der Waals surface area contributed by atoms with Gasteiger partial charge in [-0.05, 0) is 31.9 Å². The SMILES string of the molecule is CCc1ncc(C(=O)Oc2ccc(C)cc2C)s1. The van der Waals surface area contributed by atoms with E-state index in [0.717, 1.165) is 22.6 Å². The van der Waals surface area contributed by atoms with Crippen LogP contribution in [-0.4, -0.2) is 11.0 Å². The lowest BCUT2D eigenvalue weighted by atomic mass is 10.1. The molecule has 1 heterocycles. The largest absolute Gasteiger partial charge is 0.422 e. The fourth-order valence-electron chi connectivity index (χ4n) is 1.63. The number of benzene rings is 1. The van der Waals surface area contributed by atoms with E-state index in [1.807, 2.05) is 39.0 Å². The van der Waals surface area contributed by atoms with Gasteiger partial charge >= 0.3 is 5.97 Å². The van der Waals surface area contributed by atoms with Crippen LogP contribution in [0.15, 0.2) is 24.4 Å². The van der Waals surface area contributed by atoms with Crippen molar-refractivity contribution in [1.29, 1.82) is 0 Å². The Kier molecular flexibility index (Phi) is 3.77. The van der Waals surface area contributed by atoms with E-state index in [4.69, 9.17) is 4.74 Å². The van der Waals surface area contributed by atoms with Crippen molar-refractivity contribution in [2.75, 3.05) is 0 Å². The van der Waals surface area contributed by atoms with Crippen LogP contribution in [0, 0.1) is 13.8 Å². The van der Waals surface area contributed by atoms with Crippen LogP contribution in [0.2, 0.25) is 0 Å². The van der Waals surface area contributed by atoms with Crippen molar-refractivity contribution in [1.82, 2.24) is 4.98 Å². The van der Waals surface area contributed by atoms with Gasteiger partial charge in [0.2, 0.25) is 0 Å². The van der Waals surface area contributed by atoms with Crippen molar-refractivity contribution in [3.63, 3.8) is 0 Å². The Bertz CT molecular complexity index is 575. The number of thiazole rings is 1. The predicted molar refractivity (Wildman–Crippen MR) is 72.4 cm³/mol. The molecule has 0 radical (unpaired) electrons. The van der Waals surface area contributed by atoms with Gasteiger partial charge in [0.15, 0.2) is 0 Å². The van der Waals surface area contributed by atoms with Crippen LogP contribution in [0.4, 0.5) is 0 Å². The lowest BCUT2D eigenvalue weighted by molar-refractivity contribution is 0.0738. The number of hydrogen-bond acceptors (Lipinski definition) is 4. The molecule has 0 unspecified atom stereocenters. The second-order valence-electron chi connectivity index (χ2n) is 4.13. The van der Waals surface area contributed by atoms with Crippen molar-refractivity contribution in [3.05, 3.63) is 45.4 Å². The number of nitrogens with zero attached hydrogens (tertiary/aromatic N) is 1. The third-order valence-corrected chi connectivity index (χ3v) is 3.71. The summed E-state index contributed by atoms with van der Waals surface area (Å²) in [6.07, 6.45) is 2.41. The summed E-state index contributed by atoms with van der Waals surface area (Å²) >= 11 is 1.38. The maximum Gasteiger partial charge on any atom is 0.355 e. The molecule has 0 aliphatic heterocycles. The van der Waals surface area contributed by atoms with E-state index >= 15 is 0 Å². The fraction of sp³-hybridized carbons (Fsp3) is 0.286. The lowest BCUT2D eigenvalue weighted by Gasteiger charge is -2.06. The molecular weight excluding hydrogens is 246 g/mol. The smallest absolute Gasteiger partial charge is 0.355 e. The van der Waals surface area contributed by atoms with Gasteiger partial charge in [-0.15, -0.1) is 11.3 Å².